The minimum Gasteiger partial charge on any atom is -0.370 e. The standard InChI is InChI=1S/C12H16ClN3/c1-8(9-3-2-4-10(13)7-9)15-12(14)16-11-5-6-11/h2-4,7-8,11H,5-6H2,1H3,(H3,14,15,16). The van der Waals surface area contributed by atoms with Gasteiger partial charge in [0, 0.05) is 5.02 Å². The van der Waals surface area contributed by atoms with Crippen molar-refractivity contribution >= 4 is 17.6 Å². The Morgan fingerprint density at radius 3 is 2.94 bits per heavy atom. The number of halogens is 1. The van der Waals surface area contributed by atoms with Crippen molar-refractivity contribution in [3.05, 3.63) is 34.9 Å². The molecule has 1 aliphatic carbocycles. The molecule has 0 spiro atoms. The molecule has 0 bridgehead atoms. The van der Waals surface area contributed by atoms with Gasteiger partial charge in [0.15, 0.2) is 5.96 Å². The molecule has 0 aliphatic heterocycles. The number of hydrogen-bond donors (Lipinski definition) is 2. The average molecular weight is 238 g/mol. The second kappa shape index (κ2) is 4.74. The Kier molecular flexibility index (Phi) is 3.34. The van der Waals surface area contributed by atoms with Crippen molar-refractivity contribution in [3.8, 4) is 0 Å². The van der Waals surface area contributed by atoms with Crippen LogP contribution >= 0.6 is 11.6 Å². The van der Waals surface area contributed by atoms with Gasteiger partial charge in [-0.05, 0) is 37.5 Å². The minimum absolute atomic E-state index is 0.126. The Balaban J connectivity index is 1.99. The van der Waals surface area contributed by atoms with E-state index in [9.17, 15) is 0 Å². The maximum Gasteiger partial charge on any atom is 0.189 e. The normalized spacial score (nSPS) is 18.2. The summed E-state index contributed by atoms with van der Waals surface area (Å²) in [5, 5.41) is 3.90. The van der Waals surface area contributed by atoms with Crippen LogP contribution in [0.2, 0.25) is 5.02 Å². The molecule has 1 fully saturated rings. The smallest absolute Gasteiger partial charge is 0.189 e. The third-order valence-electron chi connectivity index (χ3n) is 2.58. The highest BCUT2D eigenvalue weighted by Gasteiger charge is 2.20. The Morgan fingerprint density at radius 1 is 1.56 bits per heavy atom. The van der Waals surface area contributed by atoms with Gasteiger partial charge in [0.2, 0.25) is 0 Å². The summed E-state index contributed by atoms with van der Waals surface area (Å²) < 4.78 is 0. The van der Waals surface area contributed by atoms with Crippen LogP contribution in [0.5, 0.6) is 0 Å². The third kappa shape index (κ3) is 3.14. The molecule has 86 valence electrons. The SMILES string of the molecule is CC(NC(N)=NC1CC1)c1cccc(Cl)c1. The lowest BCUT2D eigenvalue weighted by Gasteiger charge is -2.15. The van der Waals surface area contributed by atoms with Crippen molar-refractivity contribution in [3.63, 3.8) is 0 Å². The fourth-order valence-electron chi connectivity index (χ4n) is 1.52. The van der Waals surface area contributed by atoms with E-state index in [0.29, 0.717) is 12.0 Å². The van der Waals surface area contributed by atoms with Crippen molar-refractivity contribution in [1.29, 1.82) is 0 Å². The summed E-state index contributed by atoms with van der Waals surface area (Å²) in [4.78, 5) is 4.33. The van der Waals surface area contributed by atoms with Gasteiger partial charge in [-0.25, -0.2) is 0 Å². The van der Waals surface area contributed by atoms with E-state index < -0.39 is 0 Å². The second-order valence-electron chi connectivity index (χ2n) is 4.17. The Labute approximate surface area is 101 Å². The molecule has 3 N–H and O–H groups in total. The summed E-state index contributed by atoms with van der Waals surface area (Å²) in [5.74, 6) is 0.523. The van der Waals surface area contributed by atoms with Crippen LogP contribution in [-0.2, 0) is 0 Å². The lowest BCUT2D eigenvalue weighted by molar-refractivity contribution is 0.707. The number of nitrogens with two attached hydrogens (primary N) is 1. The Bertz CT molecular complexity index is 399. The zero-order valence-electron chi connectivity index (χ0n) is 9.28. The third-order valence-corrected chi connectivity index (χ3v) is 2.82. The highest BCUT2D eigenvalue weighted by Crippen LogP contribution is 2.23. The van der Waals surface area contributed by atoms with E-state index in [1.807, 2.05) is 31.2 Å². The molecule has 1 aromatic rings. The van der Waals surface area contributed by atoms with Gasteiger partial charge in [-0.3, -0.25) is 4.99 Å². The monoisotopic (exact) mass is 237 g/mol. The molecular formula is C12H16ClN3. The first-order valence-corrected chi connectivity index (χ1v) is 5.88. The zero-order valence-corrected chi connectivity index (χ0v) is 10.0. The lowest BCUT2D eigenvalue weighted by atomic mass is 10.1. The van der Waals surface area contributed by atoms with E-state index in [-0.39, 0.29) is 6.04 Å². The summed E-state index contributed by atoms with van der Waals surface area (Å²) in [6.45, 7) is 2.04. The average Bonchev–Trinajstić information content (AvgIpc) is 3.01. The van der Waals surface area contributed by atoms with Crippen LogP contribution in [0, 0.1) is 0 Å². The van der Waals surface area contributed by atoms with Crippen LogP contribution in [0.1, 0.15) is 31.4 Å². The van der Waals surface area contributed by atoms with E-state index >= 15 is 0 Å². The van der Waals surface area contributed by atoms with Crippen molar-refractivity contribution in [2.24, 2.45) is 10.7 Å². The Hall–Kier alpha value is -1.22. The fraction of sp³-hybridized carbons (Fsp3) is 0.417. The predicted octanol–water partition coefficient (Wildman–Crippen LogP) is 2.47. The molecule has 1 aromatic carbocycles. The molecule has 1 unspecified atom stereocenters. The van der Waals surface area contributed by atoms with Crippen LogP contribution in [0.25, 0.3) is 0 Å². The van der Waals surface area contributed by atoms with Gasteiger partial charge in [0.25, 0.3) is 0 Å². The van der Waals surface area contributed by atoms with Crippen molar-refractivity contribution < 1.29 is 0 Å². The van der Waals surface area contributed by atoms with Crippen molar-refractivity contribution in [2.75, 3.05) is 0 Å². The second-order valence-corrected chi connectivity index (χ2v) is 4.60. The first-order chi connectivity index (χ1) is 7.65. The van der Waals surface area contributed by atoms with E-state index in [1.54, 1.807) is 0 Å². The molecule has 0 aromatic heterocycles. The molecule has 0 saturated heterocycles. The van der Waals surface area contributed by atoms with Crippen LogP contribution in [0.15, 0.2) is 29.3 Å². The summed E-state index contributed by atoms with van der Waals surface area (Å²) in [7, 11) is 0. The van der Waals surface area contributed by atoms with Crippen LogP contribution in [0.4, 0.5) is 0 Å². The van der Waals surface area contributed by atoms with Crippen LogP contribution in [-0.4, -0.2) is 12.0 Å². The number of rotatable bonds is 3. The van der Waals surface area contributed by atoms with Crippen LogP contribution in [0.3, 0.4) is 0 Å². The fourth-order valence-corrected chi connectivity index (χ4v) is 1.72. The van der Waals surface area contributed by atoms with E-state index in [0.717, 1.165) is 23.4 Å². The summed E-state index contributed by atoms with van der Waals surface area (Å²) in [5.41, 5.74) is 6.91. The number of nitrogens with one attached hydrogen (secondary N) is 1. The number of hydrogen-bond acceptors (Lipinski definition) is 1. The maximum atomic E-state index is 5.93. The van der Waals surface area contributed by atoms with Crippen molar-refractivity contribution in [2.45, 2.75) is 31.8 Å². The Morgan fingerprint density at radius 2 is 2.31 bits per heavy atom. The highest BCUT2D eigenvalue weighted by molar-refractivity contribution is 6.30. The first-order valence-electron chi connectivity index (χ1n) is 5.50. The first kappa shape index (κ1) is 11.3. The molecular weight excluding hydrogens is 222 g/mol. The quantitative estimate of drug-likeness (QED) is 0.627. The summed E-state index contributed by atoms with van der Waals surface area (Å²) >= 11 is 5.93. The molecule has 2 rings (SSSR count). The molecule has 1 atom stereocenters. The molecule has 0 amide bonds. The van der Waals surface area contributed by atoms with Gasteiger partial charge in [0.05, 0.1) is 12.1 Å². The van der Waals surface area contributed by atoms with Gasteiger partial charge in [-0.1, -0.05) is 23.7 Å². The van der Waals surface area contributed by atoms with Gasteiger partial charge >= 0.3 is 0 Å². The van der Waals surface area contributed by atoms with Gasteiger partial charge < -0.3 is 11.1 Å². The molecule has 3 nitrogen and oxygen atoms in total. The number of benzene rings is 1. The molecule has 4 heteroatoms. The molecule has 16 heavy (non-hydrogen) atoms. The number of nitrogens with zero attached hydrogens (tertiary/aromatic N) is 1. The highest BCUT2D eigenvalue weighted by atomic mass is 35.5. The van der Waals surface area contributed by atoms with Gasteiger partial charge in [0.1, 0.15) is 0 Å². The van der Waals surface area contributed by atoms with Gasteiger partial charge in [-0.2, -0.15) is 0 Å². The van der Waals surface area contributed by atoms with Crippen molar-refractivity contribution in [1.82, 2.24) is 5.32 Å². The van der Waals surface area contributed by atoms with E-state index in [2.05, 4.69) is 10.3 Å². The zero-order chi connectivity index (χ0) is 11.5. The molecule has 1 saturated carbocycles. The molecule has 1 aliphatic rings. The minimum atomic E-state index is 0.126. The summed E-state index contributed by atoms with van der Waals surface area (Å²) in [6, 6.07) is 8.32. The molecule has 0 radical (unpaired) electrons. The lowest BCUT2D eigenvalue weighted by Crippen LogP contribution is -2.34. The number of guanidine groups is 1. The number of aliphatic imine (C=N–C) groups is 1. The maximum absolute atomic E-state index is 5.93. The molecule has 0 heterocycles. The summed E-state index contributed by atoms with van der Waals surface area (Å²) in [6.07, 6.45) is 2.32. The van der Waals surface area contributed by atoms with Gasteiger partial charge in [-0.15, -0.1) is 0 Å². The van der Waals surface area contributed by atoms with E-state index in [4.69, 9.17) is 17.3 Å². The largest absolute Gasteiger partial charge is 0.370 e. The van der Waals surface area contributed by atoms with E-state index in [1.165, 1.54) is 0 Å². The topological polar surface area (TPSA) is 50.4 Å². The predicted molar refractivity (Wildman–Crippen MR) is 67.6 cm³/mol. The van der Waals surface area contributed by atoms with Crippen LogP contribution < -0.4 is 11.1 Å².